The Balaban J connectivity index is 1.72. The van der Waals surface area contributed by atoms with Gasteiger partial charge in [0.15, 0.2) is 5.82 Å². The molecular weight excluding hydrogens is 326 g/mol. The van der Waals surface area contributed by atoms with Gasteiger partial charge in [-0.3, -0.25) is 9.36 Å². The van der Waals surface area contributed by atoms with E-state index in [-0.39, 0.29) is 12.1 Å². The highest BCUT2D eigenvalue weighted by Crippen LogP contribution is 2.27. The molecule has 0 aliphatic rings. The van der Waals surface area contributed by atoms with E-state index in [1.165, 1.54) is 22.2 Å². The van der Waals surface area contributed by atoms with Crippen molar-refractivity contribution in [2.24, 2.45) is 5.92 Å². The van der Waals surface area contributed by atoms with Crippen LogP contribution in [0.5, 0.6) is 0 Å². The Morgan fingerprint density at radius 1 is 1.33 bits per heavy atom. The molecule has 4 aromatic rings. The van der Waals surface area contributed by atoms with Gasteiger partial charge < -0.3 is 4.52 Å². The van der Waals surface area contributed by atoms with Crippen molar-refractivity contribution < 1.29 is 4.52 Å². The van der Waals surface area contributed by atoms with Crippen molar-refractivity contribution in [2.75, 3.05) is 0 Å². The molecule has 0 saturated carbocycles. The first-order valence-electron chi connectivity index (χ1n) is 7.66. The summed E-state index contributed by atoms with van der Waals surface area (Å²) in [6, 6.07) is 3.77. The van der Waals surface area contributed by atoms with Gasteiger partial charge in [-0.1, -0.05) is 19.0 Å². The lowest BCUT2D eigenvalue weighted by molar-refractivity contribution is 0.362. The molecule has 0 atom stereocenters. The number of pyridine rings is 1. The monoisotopic (exact) mass is 341 g/mol. The molecule has 122 valence electrons. The van der Waals surface area contributed by atoms with Gasteiger partial charge in [0.1, 0.15) is 16.1 Å². The Bertz CT molecular complexity index is 1080. The first kappa shape index (κ1) is 14.9. The zero-order valence-corrected chi connectivity index (χ0v) is 14.1. The van der Waals surface area contributed by atoms with Crippen LogP contribution < -0.4 is 5.56 Å². The van der Waals surface area contributed by atoms with E-state index in [2.05, 4.69) is 34.0 Å². The third kappa shape index (κ3) is 2.58. The summed E-state index contributed by atoms with van der Waals surface area (Å²) in [7, 11) is 0. The number of hydrogen-bond donors (Lipinski definition) is 0. The smallest absolute Gasteiger partial charge is 0.271 e. The Kier molecular flexibility index (Phi) is 3.61. The van der Waals surface area contributed by atoms with Gasteiger partial charge in [-0.05, 0) is 18.1 Å². The molecule has 0 radical (unpaired) electrons. The van der Waals surface area contributed by atoms with E-state index < -0.39 is 0 Å². The van der Waals surface area contributed by atoms with Gasteiger partial charge in [-0.25, -0.2) is 9.97 Å². The zero-order chi connectivity index (χ0) is 16.7. The Morgan fingerprint density at radius 3 is 3.04 bits per heavy atom. The molecular formula is C16H15N5O2S. The summed E-state index contributed by atoms with van der Waals surface area (Å²) in [6.45, 7) is 4.40. The lowest BCUT2D eigenvalue weighted by atomic mass is 10.1. The predicted octanol–water partition coefficient (Wildman–Crippen LogP) is 2.64. The van der Waals surface area contributed by atoms with Crippen molar-refractivity contribution in [3.8, 4) is 0 Å². The minimum absolute atomic E-state index is 0.119. The number of nitrogens with zero attached hydrogens (tertiary/aromatic N) is 5. The molecule has 8 heteroatoms. The predicted molar refractivity (Wildman–Crippen MR) is 91.1 cm³/mol. The standard InChI is InChI=1S/C16H15N5O2S/c1-9(2)6-11-19-12(23-20-11)7-21-8-18-13-10-4-3-5-17-15(10)24-14(13)16(21)22/h3-5,8-9H,6-7H2,1-2H3. The molecule has 4 heterocycles. The molecule has 0 amide bonds. The van der Waals surface area contributed by atoms with Gasteiger partial charge in [-0.15, -0.1) is 11.3 Å². The third-order valence-corrected chi connectivity index (χ3v) is 4.72. The topological polar surface area (TPSA) is 86.7 Å². The van der Waals surface area contributed by atoms with Crippen LogP contribution in [0.1, 0.15) is 25.6 Å². The van der Waals surface area contributed by atoms with Crippen LogP contribution in [0.2, 0.25) is 0 Å². The molecule has 0 N–H and O–H groups in total. The highest BCUT2D eigenvalue weighted by Gasteiger charge is 2.14. The molecule has 7 nitrogen and oxygen atoms in total. The summed E-state index contributed by atoms with van der Waals surface area (Å²) in [5, 5.41) is 4.85. The largest absolute Gasteiger partial charge is 0.337 e. The van der Waals surface area contributed by atoms with Crippen LogP contribution in [0.3, 0.4) is 0 Å². The van der Waals surface area contributed by atoms with Crippen LogP contribution in [0.25, 0.3) is 20.4 Å². The lowest BCUT2D eigenvalue weighted by Crippen LogP contribution is -2.20. The fourth-order valence-corrected chi connectivity index (χ4v) is 3.61. The number of hydrogen-bond acceptors (Lipinski definition) is 7. The maximum absolute atomic E-state index is 12.7. The Labute approximate surface area is 141 Å². The molecule has 0 spiro atoms. The van der Waals surface area contributed by atoms with Crippen LogP contribution >= 0.6 is 11.3 Å². The van der Waals surface area contributed by atoms with Crippen molar-refractivity contribution in [3.63, 3.8) is 0 Å². The molecule has 0 fully saturated rings. The SMILES string of the molecule is CC(C)Cc1noc(Cn2cnc3c(sc4ncccc43)c2=O)n1. The molecule has 0 unspecified atom stereocenters. The summed E-state index contributed by atoms with van der Waals surface area (Å²) >= 11 is 1.35. The number of fused-ring (bicyclic) bond motifs is 3. The maximum Gasteiger partial charge on any atom is 0.271 e. The summed E-state index contributed by atoms with van der Waals surface area (Å²) in [4.78, 5) is 26.6. The maximum atomic E-state index is 12.7. The minimum Gasteiger partial charge on any atom is -0.337 e. The minimum atomic E-state index is -0.119. The van der Waals surface area contributed by atoms with Gasteiger partial charge >= 0.3 is 0 Å². The first-order valence-corrected chi connectivity index (χ1v) is 8.47. The highest BCUT2D eigenvalue weighted by molar-refractivity contribution is 7.25. The molecule has 24 heavy (non-hydrogen) atoms. The summed E-state index contributed by atoms with van der Waals surface area (Å²) < 4.78 is 7.32. The average Bonchev–Trinajstić information content (AvgIpc) is 3.14. The fourth-order valence-electron chi connectivity index (χ4n) is 2.56. The van der Waals surface area contributed by atoms with Crippen molar-refractivity contribution in [1.82, 2.24) is 24.7 Å². The quantitative estimate of drug-likeness (QED) is 0.567. The van der Waals surface area contributed by atoms with Gasteiger partial charge in [0.25, 0.3) is 5.56 Å². The van der Waals surface area contributed by atoms with Crippen molar-refractivity contribution >= 4 is 31.8 Å². The lowest BCUT2D eigenvalue weighted by Gasteiger charge is -2.01. The van der Waals surface area contributed by atoms with E-state index in [9.17, 15) is 4.79 Å². The Morgan fingerprint density at radius 2 is 2.21 bits per heavy atom. The molecule has 0 aliphatic carbocycles. The number of aromatic nitrogens is 5. The van der Waals surface area contributed by atoms with E-state index >= 15 is 0 Å². The van der Waals surface area contributed by atoms with E-state index in [4.69, 9.17) is 4.52 Å². The summed E-state index contributed by atoms with van der Waals surface area (Å²) in [5.74, 6) is 1.52. The second kappa shape index (κ2) is 5.79. The van der Waals surface area contributed by atoms with Gasteiger partial charge in [-0.2, -0.15) is 4.98 Å². The van der Waals surface area contributed by atoms with Crippen LogP contribution in [0.4, 0.5) is 0 Å². The summed E-state index contributed by atoms with van der Waals surface area (Å²) in [5.41, 5.74) is 0.571. The molecule has 0 aromatic carbocycles. The molecule has 0 bridgehead atoms. The Hall–Kier alpha value is -2.61. The van der Waals surface area contributed by atoms with Crippen LogP contribution in [0, 0.1) is 5.92 Å². The second-order valence-electron chi connectivity index (χ2n) is 6.02. The molecule has 4 aromatic heterocycles. The highest BCUT2D eigenvalue weighted by atomic mass is 32.1. The number of thiophene rings is 1. The van der Waals surface area contributed by atoms with E-state index in [0.29, 0.717) is 27.8 Å². The van der Waals surface area contributed by atoms with E-state index in [0.717, 1.165) is 16.6 Å². The second-order valence-corrected chi connectivity index (χ2v) is 7.01. The molecule has 4 rings (SSSR count). The van der Waals surface area contributed by atoms with Gasteiger partial charge in [0, 0.05) is 18.0 Å². The van der Waals surface area contributed by atoms with Gasteiger partial charge in [0.05, 0.1) is 11.8 Å². The van der Waals surface area contributed by atoms with Crippen molar-refractivity contribution in [3.05, 3.63) is 46.7 Å². The van der Waals surface area contributed by atoms with E-state index in [1.54, 1.807) is 6.20 Å². The molecule has 0 saturated heterocycles. The van der Waals surface area contributed by atoms with E-state index in [1.807, 2.05) is 12.1 Å². The first-order chi connectivity index (χ1) is 11.6. The summed E-state index contributed by atoms with van der Waals surface area (Å²) in [6.07, 6.45) is 3.98. The van der Waals surface area contributed by atoms with Crippen LogP contribution in [-0.4, -0.2) is 24.7 Å². The van der Waals surface area contributed by atoms with Crippen molar-refractivity contribution in [2.45, 2.75) is 26.8 Å². The zero-order valence-electron chi connectivity index (χ0n) is 13.3. The fraction of sp³-hybridized carbons (Fsp3) is 0.312. The third-order valence-electron chi connectivity index (χ3n) is 3.63. The number of rotatable bonds is 4. The normalized spacial score (nSPS) is 11.8. The van der Waals surface area contributed by atoms with Crippen LogP contribution in [0.15, 0.2) is 34.0 Å². The average molecular weight is 341 g/mol. The molecule has 0 aliphatic heterocycles. The van der Waals surface area contributed by atoms with Gasteiger partial charge in [0.2, 0.25) is 5.89 Å². The van der Waals surface area contributed by atoms with Crippen molar-refractivity contribution in [1.29, 1.82) is 0 Å². The van der Waals surface area contributed by atoms with Crippen LogP contribution in [-0.2, 0) is 13.0 Å².